The Labute approximate surface area is 188 Å². The molecule has 1 saturated carbocycles. The van der Waals surface area contributed by atoms with Crippen molar-refractivity contribution < 1.29 is 4.79 Å². The monoisotopic (exact) mass is 431 g/mol. The first-order chi connectivity index (χ1) is 15.4. The van der Waals surface area contributed by atoms with Gasteiger partial charge in [-0.2, -0.15) is 10.1 Å². The molecule has 5 rings (SSSR count). The number of nitrogens with one attached hydrogen (secondary N) is 2. The van der Waals surface area contributed by atoms with Crippen LogP contribution in [0.4, 0.5) is 23.1 Å². The molecule has 2 aliphatic rings. The number of nitrogens with zero attached hydrogens (tertiary/aromatic N) is 5. The fraction of sp³-hybridized carbons (Fsp3) is 0.417. The van der Waals surface area contributed by atoms with E-state index >= 15 is 0 Å². The number of benzene rings is 1. The van der Waals surface area contributed by atoms with Crippen LogP contribution in [0.5, 0.6) is 0 Å². The summed E-state index contributed by atoms with van der Waals surface area (Å²) in [5, 5.41) is 10.3. The molecule has 3 heterocycles. The predicted octanol–water partition coefficient (Wildman–Crippen LogP) is 4.36. The van der Waals surface area contributed by atoms with E-state index in [1.807, 2.05) is 51.2 Å². The van der Waals surface area contributed by atoms with Gasteiger partial charge in [0.1, 0.15) is 5.69 Å². The van der Waals surface area contributed by atoms with Gasteiger partial charge < -0.3 is 15.1 Å². The first-order valence-corrected chi connectivity index (χ1v) is 11.2. The average Bonchev–Trinajstić information content (AvgIpc) is 3.50. The summed E-state index contributed by atoms with van der Waals surface area (Å²) in [5.41, 5.74) is 3.21. The molecule has 1 aliphatic heterocycles. The second-order valence-electron chi connectivity index (χ2n) is 9.39. The van der Waals surface area contributed by atoms with E-state index in [-0.39, 0.29) is 5.91 Å². The molecule has 0 atom stereocenters. The first-order valence-electron chi connectivity index (χ1n) is 11.2. The highest BCUT2D eigenvalue weighted by Gasteiger charge is 2.41. The minimum absolute atomic E-state index is 0.0953. The fourth-order valence-electron chi connectivity index (χ4n) is 4.80. The molecule has 1 aliphatic carbocycles. The van der Waals surface area contributed by atoms with Crippen LogP contribution >= 0.6 is 0 Å². The normalized spacial score (nSPS) is 18.5. The van der Waals surface area contributed by atoms with Gasteiger partial charge in [0.15, 0.2) is 5.82 Å². The van der Waals surface area contributed by atoms with Crippen molar-refractivity contribution in [2.24, 2.45) is 5.41 Å². The number of aromatic nitrogens is 4. The van der Waals surface area contributed by atoms with E-state index in [1.165, 1.54) is 12.8 Å². The number of carbonyl (C=O) groups excluding carboxylic acids is 1. The Morgan fingerprint density at radius 3 is 2.56 bits per heavy atom. The number of rotatable bonds is 4. The van der Waals surface area contributed by atoms with Crippen molar-refractivity contribution in [3.8, 4) is 11.3 Å². The molecule has 0 radical (unpaired) electrons. The Morgan fingerprint density at radius 2 is 1.88 bits per heavy atom. The van der Waals surface area contributed by atoms with Crippen molar-refractivity contribution in [1.82, 2.24) is 20.2 Å². The number of fused-ring (bicyclic) bond motifs is 1. The summed E-state index contributed by atoms with van der Waals surface area (Å²) in [5.74, 6) is 1.46. The molecule has 2 N–H and O–H groups in total. The molecule has 8 nitrogen and oxygen atoms in total. The van der Waals surface area contributed by atoms with Gasteiger partial charge in [-0.15, -0.1) is 0 Å². The average molecular weight is 432 g/mol. The van der Waals surface area contributed by atoms with Crippen molar-refractivity contribution in [2.75, 3.05) is 28.7 Å². The number of H-pyrrole nitrogens is 1. The third kappa shape index (κ3) is 3.70. The molecule has 0 unspecified atom stereocenters. The Balaban J connectivity index is 1.47. The molecule has 1 amide bonds. The minimum Gasteiger partial charge on any atom is -0.351 e. The van der Waals surface area contributed by atoms with Crippen LogP contribution in [0.25, 0.3) is 11.3 Å². The zero-order valence-electron chi connectivity index (χ0n) is 18.8. The van der Waals surface area contributed by atoms with Gasteiger partial charge in [-0.3, -0.25) is 9.89 Å². The topological polar surface area (TPSA) is 90.0 Å². The van der Waals surface area contributed by atoms with E-state index < -0.39 is 5.41 Å². The van der Waals surface area contributed by atoms with Crippen LogP contribution in [0.1, 0.15) is 39.5 Å². The van der Waals surface area contributed by atoms with Gasteiger partial charge in [-0.1, -0.05) is 25.0 Å². The van der Waals surface area contributed by atoms with E-state index in [2.05, 4.69) is 25.4 Å². The minimum atomic E-state index is -0.492. The van der Waals surface area contributed by atoms with Gasteiger partial charge in [0.2, 0.25) is 11.9 Å². The number of carbonyl (C=O) groups is 1. The van der Waals surface area contributed by atoms with Crippen LogP contribution in [-0.2, 0) is 4.79 Å². The van der Waals surface area contributed by atoms with Gasteiger partial charge in [0, 0.05) is 31.5 Å². The number of hydrogen-bond donors (Lipinski definition) is 2. The maximum atomic E-state index is 13.1. The lowest BCUT2D eigenvalue weighted by Gasteiger charge is -2.34. The first kappa shape index (κ1) is 20.5. The van der Waals surface area contributed by atoms with Crippen molar-refractivity contribution in [2.45, 2.75) is 45.6 Å². The quantitative estimate of drug-likeness (QED) is 0.638. The van der Waals surface area contributed by atoms with Gasteiger partial charge in [-0.25, -0.2) is 4.98 Å². The van der Waals surface area contributed by atoms with Crippen LogP contribution in [0.3, 0.4) is 0 Å². The summed E-state index contributed by atoms with van der Waals surface area (Å²) in [6.07, 6.45) is 8.22. The molecule has 2 aromatic heterocycles. The summed E-state index contributed by atoms with van der Waals surface area (Å²) in [6.45, 7) is 4.70. The maximum absolute atomic E-state index is 13.1. The molecule has 0 saturated heterocycles. The smallest absolute Gasteiger partial charge is 0.234 e. The summed E-state index contributed by atoms with van der Waals surface area (Å²) in [7, 11) is 1.83. The summed E-state index contributed by atoms with van der Waals surface area (Å²) in [4.78, 5) is 26.6. The third-order valence-corrected chi connectivity index (χ3v) is 6.55. The van der Waals surface area contributed by atoms with E-state index in [4.69, 9.17) is 4.98 Å². The maximum Gasteiger partial charge on any atom is 0.234 e. The highest BCUT2D eigenvalue weighted by molar-refractivity contribution is 6.00. The molecular formula is C24H29N7O. The molecule has 0 spiro atoms. The number of aromatic amines is 1. The van der Waals surface area contributed by atoms with E-state index in [9.17, 15) is 4.79 Å². The second kappa shape index (κ2) is 7.93. The van der Waals surface area contributed by atoms with E-state index in [0.717, 1.165) is 41.3 Å². The number of amides is 1. The second-order valence-corrected chi connectivity index (χ2v) is 9.39. The molecule has 3 aromatic rings. The Bertz CT molecular complexity index is 1100. The molecular weight excluding hydrogens is 402 g/mol. The van der Waals surface area contributed by atoms with Crippen LogP contribution in [0, 0.1) is 5.41 Å². The number of hydrogen-bond acceptors (Lipinski definition) is 6. The third-order valence-electron chi connectivity index (χ3n) is 6.55. The molecule has 0 bridgehead atoms. The summed E-state index contributed by atoms with van der Waals surface area (Å²) >= 11 is 0. The van der Waals surface area contributed by atoms with Gasteiger partial charge in [0.25, 0.3) is 0 Å². The Kier molecular flexibility index (Phi) is 5.07. The summed E-state index contributed by atoms with van der Waals surface area (Å²) in [6, 6.07) is 10.4. The molecule has 1 aromatic carbocycles. The molecule has 32 heavy (non-hydrogen) atoms. The predicted molar refractivity (Wildman–Crippen MR) is 126 cm³/mol. The van der Waals surface area contributed by atoms with Crippen molar-refractivity contribution in [1.29, 1.82) is 0 Å². The SMILES string of the molecule is CN1C(=O)C(C)(C)CN(C2CCCC2)c2nc(Nc3ccc(-c4ccn[nH]4)cc3)ncc21. The van der Waals surface area contributed by atoms with Crippen LogP contribution < -0.4 is 15.1 Å². The van der Waals surface area contributed by atoms with Crippen molar-refractivity contribution >= 4 is 29.0 Å². The summed E-state index contributed by atoms with van der Waals surface area (Å²) < 4.78 is 0. The van der Waals surface area contributed by atoms with Gasteiger partial charge >= 0.3 is 0 Å². The van der Waals surface area contributed by atoms with Crippen molar-refractivity contribution in [3.63, 3.8) is 0 Å². The lowest BCUT2D eigenvalue weighted by molar-refractivity contribution is -0.125. The largest absolute Gasteiger partial charge is 0.351 e. The molecule has 166 valence electrons. The zero-order valence-corrected chi connectivity index (χ0v) is 18.8. The highest BCUT2D eigenvalue weighted by atomic mass is 16.2. The molecule has 1 fully saturated rings. The zero-order chi connectivity index (χ0) is 22.3. The van der Waals surface area contributed by atoms with Crippen LogP contribution in [-0.4, -0.2) is 45.7 Å². The molecule has 8 heteroatoms. The lowest BCUT2D eigenvalue weighted by atomic mass is 9.91. The van der Waals surface area contributed by atoms with Crippen LogP contribution in [0.2, 0.25) is 0 Å². The van der Waals surface area contributed by atoms with Crippen LogP contribution in [0.15, 0.2) is 42.7 Å². The van der Waals surface area contributed by atoms with E-state index in [1.54, 1.807) is 17.3 Å². The lowest BCUT2D eigenvalue weighted by Crippen LogP contribution is -2.45. The van der Waals surface area contributed by atoms with Gasteiger partial charge in [0.05, 0.1) is 17.3 Å². The standard InChI is InChI=1S/C24H29N7O/c1-24(2)15-31(18-6-4-5-7-18)21-20(30(3)22(24)32)14-25-23(28-21)27-17-10-8-16(9-11-17)19-12-13-26-29-19/h8-14,18H,4-7,15H2,1-3H3,(H,26,29)(H,25,27,28). The fourth-order valence-corrected chi connectivity index (χ4v) is 4.80. The Morgan fingerprint density at radius 1 is 1.12 bits per heavy atom. The van der Waals surface area contributed by atoms with E-state index in [0.29, 0.717) is 18.5 Å². The number of anilines is 4. The van der Waals surface area contributed by atoms with Crippen molar-refractivity contribution in [3.05, 3.63) is 42.7 Å². The van der Waals surface area contributed by atoms with Gasteiger partial charge in [-0.05, 0) is 50.5 Å². The highest BCUT2D eigenvalue weighted by Crippen LogP contribution is 2.40. The Hall–Kier alpha value is -3.42.